The Morgan fingerprint density at radius 3 is 2.51 bits per heavy atom. The number of rotatable bonds is 5. The summed E-state index contributed by atoms with van der Waals surface area (Å²) in [6, 6.07) is 8.12. The van der Waals surface area contributed by atoms with Crippen LogP contribution in [0.5, 0.6) is 0 Å². The lowest BCUT2D eigenvalue weighted by atomic mass is 9.81. The van der Waals surface area contributed by atoms with Gasteiger partial charge in [-0.25, -0.2) is 18.5 Å². The Balaban J connectivity index is 1.31. The Morgan fingerprint density at radius 1 is 1.10 bits per heavy atom. The van der Waals surface area contributed by atoms with Crippen LogP contribution in [0.25, 0.3) is 6.08 Å². The van der Waals surface area contributed by atoms with Gasteiger partial charge in [0.15, 0.2) is 0 Å². The number of urea groups is 1. The number of imide groups is 1. The summed E-state index contributed by atoms with van der Waals surface area (Å²) in [6.07, 6.45) is 6.55. The van der Waals surface area contributed by atoms with Gasteiger partial charge in [-0.1, -0.05) is 43.0 Å². The molecular weight excluding hydrogens is 526 g/mol. The lowest BCUT2D eigenvalue weighted by Crippen LogP contribution is -2.53. The maximum absolute atomic E-state index is 14.5. The number of carbonyl (C=O) groups excluding carboxylic acids is 3. The average Bonchev–Trinajstić information content (AvgIpc) is 3.14. The van der Waals surface area contributed by atoms with E-state index in [-0.39, 0.29) is 39.9 Å². The fraction of sp³-hybridized carbons (Fsp3) is 0.414. The minimum Gasteiger partial charge on any atom is -0.334 e. The van der Waals surface area contributed by atoms with E-state index in [4.69, 9.17) is 11.6 Å². The molecule has 206 valence electrons. The van der Waals surface area contributed by atoms with Gasteiger partial charge >= 0.3 is 6.03 Å². The highest BCUT2D eigenvalue weighted by Gasteiger charge is 2.52. The third-order valence-electron chi connectivity index (χ3n) is 7.90. The van der Waals surface area contributed by atoms with Gasteiger partial charge in [0.05, 0.1) is 10.7 Å². The topological polar surface area (TPSA) is 73.0 Å². The van der Waals surface area contributed by atoms with Crippen LogP contribution in [0.4, 0.5) is 19.3 Å². The Labute approximate surface area is 231 Å². The van der Waals surface area contributed by atoms with Gasteiger partial charge < -0.3 is 10.2 Å². The Hall–Kier alpha value is -3.30. The van der Waals surface area contributed by atoms with E-state index in [2.05, 4.69) is 10.2 Å². The molecular formula is C29H31ClF2N4O3. The van der Waals surface area contributed by atoms with Crippen molar-refractivity contribution in [2.75, 3.05) is 24.5 Å². The maximum Gasteiger partial charge on any atom is 0.329 e. The van der Waals surface area contributed by atoms with E-state index < -0.39 is 17.4 Å². The van der Waals surface area contributed by atoms with Crippen molar-refractivity contribution in [3.63, 3.8) is 0 Å². The summed E-state index contributed by atoms with van der Waals surface area (Å²) in [5.41, 5.74) is 0.406. The highest BCUT2D eigenvalue weighted by molar-refractivity contribution is 6.32. The van der Waals surface area contributed by atoms with Crippen molar-refractivity contribution in [2.24, 2.45) is 0 Å². The molecule has 0 bridgehead atoms. The summed E-state index contributed by atoms with van der Waals surface area (Å²) >= 11 is 6.05. The van der Waals surface area contributed by atoms with E-state index in [1.54, 1.807) is 17.0 Å². The fourth-order valence-electron chi connectivity index (χ4n) is 5.82. The van der Waals surface area contributed by atoms with Crippen molar-refractivity contribution < 1.29 is 23.2 Å². The second-order valence-electron chi connectivity index (χ2n) is 10.6. The number of anilines is 1. The fourth-order valence-corrected chi connectivity index (χ4v) is 5.98. The molecule has 1 atom stereocenters. The first kappa shape index (κ1) is 27.3. The highest BCUT2D eigenvalue weighted by Crippen LogP contribution is 2.38. The Bertz CT molecular complexity index is 1310. The number of halogens is 3. The predicted octanol–water partition coefficient (Wildman–Crippen LogP) is 5.12. The molecule has 2 aromatic carbocycles. The third kappa shape index (κ3) is 5.56. The van der Waals surface area contributed by atoms with Crippen molar-refractivity contribution in [2.45, 2.75) is 57.2 Å². The zero-order valence-electron chi connectivity index (χ0n) is 21.8. The molecule has 39 heavy (non-hydrogen) atoms. The van der Waals surface area contributed by atoms with Gasteiger partial charge in [0.25, 0.3) is 5.91 Å². The second-order valence-corrected chi connectivity index (χ2v) is 11.0. The number of amides is 4. The summed E-state index contributed by atoms with van der Waals surface area (Å²) < 4.78 is 27.7. The molecule has 2 aromatic rings. The lowest BCUT2D eigenvalue weighted by Gasteiger charge is -2.39. The normalized spacial score (nSPS) is 21.7. The number of piperazine rings is 1. The molecule has 0 aromatic heterocycles. The van der Waals surface area contributed by atoms with Gasteiger partial charge in [0, 0.05) is 43.9 Å². The molecule has 10 heteroatoms. The summed E-state index contributed by atoms with van der Waals surface area (Å²) in [4.78, 5) is 44.5. The molecule has 0 unspecified atom stereocenters. The predicted molar refractivity (Wildman–Crippen MR) is 145 cm³/mol. The molecule has 1 saturated carbocycles. The van der Waals surface area contributed by atoms with E-state index >= 15 is 0 Å². The molecule has 1 N–H and O–H groups in total. The molecule has 5 rings (SSSR count). The zero-order chi connectivity index (χ0) is 27.7. The number of carbonyl (C=O) groups is 3. The van der Waals surface area contributed by atoms with E-state index in [9.17, 15) is 23.2 Å². The number of nitrogens with zero attached hydrogens (tertiary/aromatic N) is 3. The molecule has 1 spiro atoms. The van der Waals surface area contributed by atoms with Gasteiger partial charge in [-0.3, -0.25) is 14.5 Å². The van der Waals surface area contributed by atoms with Gasteiger partial charge in [-0.2, -0.15) is 0 Å². The smallest absolute Gasteiger partial charge is 0.329 e. The SMILES string of the molecule is C[C@@H]1CN(Cc2ccc(F)cc2)CCN1C(=O)/C=C/c1cc(F)c(Cl)cc1N1C(=O)NC2(CCCCC2)C1=O. The first-order valence-corrected chi connectivity index (χ1v) is 13.7. The quantitative estimate of drug-likeness (QED) is 0.410. The van der Waals surface area contributed by atoms with Gasteiger partial charge in [-0.15, -0.1) is 0 Å². The van der Waals surface area contributed by atoms with Crippen molar-refractivity contribution in [1.82, 2.24) is 15.1 Å². The van der Waals surface area contributed by atoms with E-state index in [0.717, 1.165) is 35.8 Å². The van der Waals surface area contributed by atoms with E-state index in [1.165, 1.54) is 30.4 Å². The van der Waals surface area contributed by atoms with Gasteiger partial charge in [-0.05, 0) is 55.7 Å². The van der Waals surface area contributed by atoms with Crippen LogP contribution in [0.3, 0.4) is 0 Å². The molecule has 2 aliphatic heterocycles. The molecule has 3 fully saturated rings. The number of benzene rings is 2. The summed E-state index contributed by atoms with van der Waals surface area (Å²) in [6.45, 7) is 4.38. The van der Waals surface area contributed by atoms with Crippen LogP contribution in [0.15, 0.2) is 42.5 Å². The van der Waals surface area contributed by atoms with Crippen molar-refractivity contribution in [3.05, 3.63) is 70.3 Å². The first-order valence-electron chi connectivity index (χ1n) is 13.3. The van der Waals surface area contributed by atoms with Crippen LogP contribution in [0, 0.1) is 11.6 Å². The van der Waals surface area contributed by atoms with Crippen LogP contribution in [0.2, 0.25) is 5.02 Å². The summed E-state index contributed by atoms with van der Waals surface area (Å²) in [7, 11) is 0. The zero-order valence-corrected chi connectivity index (χ0v) is 22.5. The molecule has 2 heterocycles. The number of hydrogen-bond acceptors (Lipinski definition) is 4. The molecule has 1 aliphatic carbocycles. The third-order valence-corrected chi connectivity index (χ3v) is 8.19. The maximum atomic E-state index is 14.5. The van der Waals surface area contributed by atoms with Crippen LogP contribution >= 0.6 is 11.6 Å². The van der Waals surface area contributed by atoms with Crippen LogP contribution in [0.1, 0.15) is 50.2 Å². The van der Waals surface area contributed by atoms with Gasteiger partial charge in [0.2, 0.25) is 5.91 Å². The van der Waals surface area contributed by atoms with Crippen molar-refractivity contribution in [1.29, 1.82) is 0 Å². The van der Waals surface area contributed by atoms with E-state index in [1.807, 2.05) is 6.92 Å². The standard InChI is InChI=1S/C29H31ClF2N4O3/c1-19-17-34(18-20-5-8-22(31)9-6-20)13-14-35(19)26(37)10-7-21-15-24(32)23(30)16-25(21)36-27(38)29(33-28(36)39)11-3-2-4-12-29/h5-10,15-16,19H,2-4,11-14,17-18H2,1H3,(H,33,39)/b10-7+/t19-/m1/s1. The molecule has 7 nitrogen and oxygen atoms in total. The molecule has 4 amide bonds. The van der Waals surface area contributed by atoms with Crippen molar-refractivity contribution in [3.8, 4) is 0 Å². The average molecular weight is 557 g/mol. The number of nitrogens with one attached hydrogen (secondary N) is 1. The van der Waals surface area contributed by atoms with Crippen molar-refractivity contribution >= 4 is 41.2 Å². The second kappa shape index (κ2) is 11.1. The monoisotopic (exact) mass is 556 g/mol. The van der Waals surface area contributed by atoms with Crippen LogP contribution < -0.4 is 10.2 Å². The largest absolute Gasteiger partial charge is 0.334 e. The van der Waals surface area contributed by atoms with E-state index in [0.29, 0.717) is 39.0 Å². The van der Waals surface area contributed by atoms with Crippen LogP contribution in [-0.2, 0) is 16.1 Å². The minimum absolute atomic E-state index is 0.0881. The highest BCUT2D eigenvalue weighted by atomic mass is 35.5. The Morgan fingerprint density at radius 2 is 1.82 bits per heavy atom. The van der Waals surface area contributed by atoms with Crippen LogP contribution in [-0.4, -0.2) is 58.9 Å². The first-order chi connectivity index (χ1) is 18.7. The molecule has 0 radical (unpaired) electrons. The molecule has 3 aliphatic rings. The summed E-state index contributed by atoms with van der Waals surface area (Å²) in [5.74, 6) is -1.62. The molecule has 2 saturated heterocycles. The lowest BCUT2D eigenvalue weighted by molar-refractivity contribution is -0.130. The summed E-state index contributed by atoms with van der Waals surface area (Å²) in [5, 5.41) is 2.64. The Kier molecular flexibility index (Phi) is 7.73. The number of hydrogen-bond donors (Lipinski definition) is 1. The van der Waals surface area contributed by atoms with Gasteiger partial charge in [0.1, 0.15) is 17.2 Å². The minimum atomic E-state index is -0.948.